The van der Waals surface area contributed by atoms with E-state index in [0.717, 1.165) is 6.54 Å². The maximum absolute atomic E-state index is 4.12. The molecule has 0 spiro atoms. The van der Waals surface area contributed by atoms with E-state index in [4.69, 9.17) is 0 Å². The molecule has 0 amide bonds. The van der Waals surface area contributed by atoms with Crippen LogP contribution in [-0.4, -0.2) is 9.55 Å². The summed E-state index contributed by atoms with van der Waals surface area (Å²) >= 11 is 0. The summed E-state index contributed by atoms with van der Waals surface area (Å²) in [5, 5.41) is 0. The minimum Gasteiger partial charge on any atom is -0.264 e. The topological polar surface area (TPSA) is 21.7 Å². The second-order valence-corrected chi connectivity index (χ2v) is 5.03. The van der Waals surface area contributed by atoms with Crippen molar-refractivity contribution in [1.29, 1.82) is 0 Å². The van der Waals surface area contributed by atoms with Crippen molar-refractivity contribution in [3.05, 3.63) is 48.8 Å². The SMILES string of the molecule is CC(C)(C)n1cc[n+](Cc2cccnc2)c1. The van der Waals surface area contributed by atoms with Crippen LogP contribution in [0, 0.1) is 0 Å². The highest BCUT2D eigenvalue weighted by Gasteiger charge is 2.18. The van der Waals surface area contributed by atoms with E-state index in [1.807, 2.05) is 12.3 Å². The number of hydrogen-bond donors (Lipinski definition) is 0. The first kappa shape index (κ1) is 10.9. The van der Waals surface area contributed by atoms with Gasteiger partial charge in [0.1, 0.15) is 24.5 Å². The third kappa shape index (κ3) is 2.48. The molecule has 2 heterocycles. The summed E-state index contributed by atoms with van der Waals surface area (Å²) in [6.07, 6.45) is 10.0. The number of rotatable bonds is 2. The van der Waals surface area contributed by atoms with E-state index in [2.05, 4.69) is 59.7 Å². The Labute approximate surface area is 96.4 Å². The Morgan fingerprint density at radius 3 is 2.75 bits per heavy atom. The molecule has 3 nitrogen and oxygen atoms in total. The second kappa shape index (κ2) is 4.08. The van der Waals surface area contributed by atoms with Crippen LogP contribution in [0.5, 0.6) is 0 Å². The van der Waals surface area contributed by atoms with Crippen molar-refractivity contribution in [2.45, 2.75) is 32.9 Å². The molecule has 2 aromatic rings. The van der Waals surface area contributed by atoms with E-state index in [9.17, 15) is 0 Å². The van der Waals surface area contributed by atoms with Crippen molar-refractivity contribution in [3.8, 4) is 0 Å². The molecule has 0 N–H and O–H groups in total. The van der Waals surface area contributed by atoms with Crippen LogP contribution in [0.3, 0.4) is 0 Å². The number of hydrogen-bond acceptors (Lipinski definition) is 1. The number of pyridine rings is 1. The van der Waals surface area contributed by atoms with Gasteiger partial charge in [-0.15, -0.1) is 0 Å². The summed E-state index contributed by atoms with van der Waals surface area (Å²) in [6.45, 7) is 7.46. The van der Waals surface area contributed by atoms with Gasteiger partial charge in [-0.25, -0.2) is 9.13 Å². The third-order valence-corrected chi connectivity index (χ3v) is 2.55. The summed E-state index contributed by atoms with van der Waals surface area (Å²) in [5.74, 6) is 0. The van der Waals surface area contributed by atoms with Gasteiger partial charge in [0.25, 0.3) is 0 Å². The molecule has 0 aliphatic carbocycles. The fraction of sp³-hybridized carbons (Fsp3) is 0.385. The highest BCUT2D eigenvalue weighted by molar-refractivity contribution is 5.06. The molecule has 84 valence electrons. The number of imidazole rings is 1. The lowest BCUT2D eigenvalue weighted by molar-refractivity contribution is -0.688. The zero-order chi connectivity index (χ0) is 11.6. The molecular weight excluding hydrogens is 198 g/mol. The van der Waals surface area contributed by atoms with E-state index in [1.165, 1.54) is 5.56 Å². The summed E-state index contributed by atoms with van der Waals surface area (Å²) in [5.41, 5.74) is 1.36. The number of nitrogens with zero attached hydrogens (tertiary/aromatic N) is 3. The van der Waals surface area contributed by atoms with Gasteiger partial charge in [-0.2, -0.15) is 0 Å². The monoisotopic (exact) mass is 216 g/mol. The Morgan fingerprint density at radius 2 is 2.19 bits per heavy atom. The molecule has 0 aliphatic rings. The Balaban J connectivity index is 2.15. The lowest BCUT2D eigenvalue weighted by Gasteiger charge is -2.13. The van der Waals surface area contributed by atoms with Crippen molar-refractivity contribution in [1.82, 2.24) is 9.55 Å². The van der Waals surface area contributed by atoms with Crippen LogP contribution in [0.1, 0.15) is 26.3 Å². The quantitative estimate of drug-likeness (QED) is 0.703. The van der Waals surface area contributed by atoms with Gasteiger partial charge < -0.3 is 0 Å². The van der Waals surface area contributed by atoms with Gasteiger partial charge >= 0.3 is 0 Å². The maximum atomic E-state index is 4.12. The molecule has 0 aromatic carbocycles. The standard InChI is InChI=1S/C13H18N3/c1-13(2,3)16-8-7-15(11-16)10-12-5-4-6-14-9-12/h4-9,11H,10H2,1-3H3/q+1. The van der Waals surface area contributed by atoms with E-state index in [-0.39, 0.29) is 5.54 Å². The molecule has 0 radical (unpaired) electrons. The second-order valence-electron chi connectivity index (χ2n) is 5.03. The normalized spacial score (nSPS) is 11.7. The molecule has 3 heteroatoms. The van der Waals surface area contributed by atoms with Crippen LogP contribution >= 0.6 is 0 Å². The van der Waals surface area contributed by atoms with Gasteiger partial charge in [-0.3, -0.25) is 4.98 Å². The minimum atomic E-state index is 0.139. The van der Waals surface area contributed by atoms with Crippen LogP contribution in [-0.2, 0) is 12.1 Å². The van der Waals surface area contributed by atoms with E-state index in [1.54, 1.807) is 6.20 Å². The molecule has 0 unspecified atom stereocenters. The first-order chi connectivity index (χ1) is 7.55. The molecule has 2 aromatic heterocycles. The van der Waals surface area contributed by atoms with Crippen molar-refractivity contribution in [3.63, 3.8) is 0 Å². The zero-order valence-electron chi connectivity index (χ0n) is 10.1. The highest BCUT2D eigenvalue weighted by Crippen LogP contribution is 2.11. The molecule has 0 fully saturated rings. The van der Waals surface area contributed by atoms with E-state index in [0.29, 0.717) is 0 Å². The van der Waals surface area contributed by atoms with E-state index >= 15 is 0 Å². The van der Waals surface area contributed by atoms with Gasteiger partial charge in [0.05, 0.1) is 0 Å². The average molecular weight is 216 g/mol. The first-order valence-electron chi connectivity index (χ1n) is 5.52. The lowest BCUT2D eigenvalue weighted by Crippen LogP contribution is -2.33. The number of aromatic nitrogens is 3. The van der Waals surface area contributed by atoms with Crippen LogP contribution < -0.4 is 4.57 Å². The summed E-state index contributed by atoms with van der Waals surface area (Å²) in [4.78, 5) is 4.12. The molecule has 0 bridgehead atoms. The fourth-order valence-corrected chi connectivity index (χ4v) is 1.59. The lowest BCUT2D eigenvalue weighted by atomic mass is 10.1. The molecule has 2 rings (SSSR count). The molecule has 16 heavy (non-hydrogen) atoms. The first-order valence-corrected chi connectivity index (χ1v) is 5.52. The Hall–Kier alpha value is -1.64. The fourth-order valence-electron chi connectivity index (χ4n) is 1.59. The molecule has 0 aliphatic heterocycles. The average Bonchev–Trinajstić information content (AvgIpc) is 2.67. The maximum Gasteiger partial charge on any atom is 0.244 e. The third-order valence-electron chi connectivity index (χ3n) is 2.55. The smallest absolute Gasteiger partial charge is 0.244 e. The summed E-state index contributed by atoms with van der Waals surface area (Å²) in [7, 11) is 0. The van der Waals surface area contributed by atoms with Gasteiger partial charge in [-0.1, -0.05) is 6.07 Å². The van der Waals surface area contributed by atoms with Crippen molar-refractivity contribution >= 4 is 0 Å². The van der Waals surface area contributed by atoms with Crippen LogP contribution in [0.25, 0.3) is 0 Å². The Morgan fingerprint density at radius 1 is 1.38 bits per heavy atom. The van der Waals surface area contributed by atoms with Gasteiger partial charge in [0.15, 0.2) is 0 Å². The van der Waals surface area contributed by atoms with Crippen molar-refractivity contribution < 1.29 is 4.57 Å². The summed E-state index contributed by atoms with van der Waals surface area (Å²) in [6, 6.07) is 4.06. The molecular formula is C13H18N3+. The largest absolute Gasteiger partial charge is 0.264 e. The molecule has 0 saturated heterocycles. The zero-order valence-corrected chi connectivity index (χ0v) is 10.1. The highest BCUT2D eigenvalue weighted by atomic mass is 15.1. The Bertz CT molecular complexity index is 452. The van der Waals surface area contributed by atoms with Gasteiger partial charge in [0.2, 0.25) is 6.33 Å². The van der Waals surface area contributed by atoms with Crippen LogP contribution in [0.4, 0.5) is 0 Å². The van der Waals surface area contributed by atoms with Crippen molar-refractivity contribution in [2.75, 3.05) is 0 Å². The van der Waals surface area contributed by atoms with Gasteiger partial charge in [0, 0.05) is 18.0 Å². The van der Waals surface area contributed by atoms with Gasteiger partial charge in [-0.05, 0) is 26.8 Å². The Kier molecular flexibility index (Phi) is 2.77. The minimum absolute atomic E-state index is 0.139. The predicted molar refractivity (Wildman–Crippen MR) is 63.0 cm³/mol. The van der Waals surface area contributed by atoms with Crippen LogP contribution in [0.15, 0.2) is 43.2 Å². The predicted octanol–water partition coefficient (Wildman–Crippen LogP) is 1.97. The van der Waals surface area contributed by atoms with E-state index < -0.39 is 0 Å². The van der Waals surface area contributed by atoms with Crippen LogP contribution in [0.2, 0.25) is 0 Å². The molecule has 0 saturated carbocycles. The molecule has 0 atom stereocenters. The summed E-state index contributed by atoms with van der Waals surface area (Å²) < 4.78 is 4.38. The van der Waals surface area contributed by atoms with Crippen molar-refractivity contribution in [2.24, 2.45) is 0 Å².